The van der Waals surface area contributed by atoms with E-state index in [0.717, 1.165) is 45.6 Å². The lowest BCUT2D eigenvalue weighted by Gasteiger charge is -2.51. The Morgan fingerprint density at radius 1 is 1.04 bits per heavy atom. The summed E-state index contributed by atoms with van der Waals surface area (Å²) in [4.78, 5) is 4.96. The summed E-state index contributed by atoms with van der Waals surface area (Å²) >= 11 is 0. The summed E-state index contributed by atoms with van der Waals surface area (Å²) in [5.41, 5.74) is 0.580. The Morgan fingerprint density at radius 2 is 1.69 bits per heavy atom. The van der Waals surface area contributed by atoms with Gasteiger partial charge in [-0.25, -0.2) is 8.78 Å². The van der Waals surface area contributed by atoms with Gasteiger partial charge in [-0.15, -0.1) is 0 Å². The third kappa shape index (κ3) is 3.67. The molecular weight excluding hydrogens is 334 g/mol. The molecular formula is C21H30F2N2O. The van der Waals surface area contributed by atoms with E-state index in [0.29, 0.717) is 18.0 Å². The first-order chi connectivity index (χ1) is 12.4. The molecule has 1 aliphatic carbocycles. The second-order valence-electron chi connectivity index (χ2n) is 8.77. The molecule has 0 bridgehead atoms. The molecule has 3 nitrogen and oxygen atoms in total. The second kappa shape index (κ2) is 6.84. The molecule has 2 spiro atoms. The molecule has 1 saturated carbocycles. The van der Waals surface area contributed by atoms with Crippen LogP contribution < -0.4 is 0 Å². The zero-order valence-corrected chi connectivity index (χ0v) is 15.9. The van der Waals surface area contributed by atoms with E-state index < -0.39 is 11.6 Å². The number of hydrogen-bond acceptors (Lipinski definition) is 3. The number of nitrogens with zero attached hydrogens (tertiary/aromatic N) is 2. The maximum Gasteiger partial charge on any atom is 0.162 e. The fourth-order valence-electron chi connectivity index (χ4n) is 4.55. The molecule has 2 saturated heterocycles. The summed E-state index contributed by atoms with van der Waals surface area (Å²) in [6.45, 7) is 9.37. The lowest BCUT2D eigenvalue weighted by Crippen LogP contribution is -2.61. The predicted molar refractivity (Wildman–Crippen MR) is 98.2 cm³/mol. The van der Waals surface area contributed by atoms with Gasteiger partial charge in [0, 0.05) is 38.8 Å². The van der Waals surface area contributed by atoms with Gasteiger partial charge in [-0.3, -0.25) is 4.90 Å². The Kier molecular flexibility index (Phi) is 4.82. The van der Waals surface area contributed by atoms with Crippen molar-refractivity contribution in [3.8, 4) is 0 Å². The Morgan fingerprint density at radius 3 is 2.31 bits per heavy atom. The van der Waals surface area contributed by atoms with Gasteiger partial charge in [-0.1, -0.05) is 12.1 Å². The van der Waals surface area contributed by atoms with Crippen LogP contribution in [0.3, 0.4) is 0 Å². The highest BCUT2D eigenvalue weighted by molar-refractivity contribution is 5.19. The van der Waals surface area contributed by atoms with E-state index in [1.165, 1.54) is 18.9 Å². The van der Waals surface area contributed by atoms with Crippen LogP contribution in [0.15, 0.2) is 18.2 Å². The zero-order chi connectivity index (χ0) is 18.4. The second-order valence-corrected chi connectivity index (χ2v) is 8.77. The van der Waals surface area contributed by atoms with E-state index in [1.54, 1.807) is 12.1 Å². The molecule has 0 radical (unpaired) electrons. The minimum absolute atomic E-state index is 0.0143. The van der Waals surface area contributed by atoms with Gasteiger partial charge in [-0.05, 0) is 57.6 Å². The van der Waals surface area contributed by atoms with Crippen LogP contribution in [0.4, 0.5) is 8.78 Å². The molecule has 26 heavy (non-hydrogen) atoms. The minimum Gasteiger partial charge on any atom is -0.366 e. The summed E-state index contributed by atoms with van der Waals surface area (Å²) in [6.07, 6.45) is 5.01. The predicted octanol–water partition coefficient (Wildman–Crippen LogP) is 3.62. The average Bonchev–Trinajstić information content (AvgIpc) is 3.35. The Hall–Kier alpha value is -1.04. The summed E-state index contributed by atoms with van der Waals surface area (Å²) in [6, 6.07) is 5.01. The van der Waals surface area contributed by atoms with Gasteiger partial charge < -0.3 is 9.64 Å². The number of hydrogen-bond donors (Lipinski definition) is 0. The normalized spacial score (nSPS) is 25.3. The third-order valence-corrected chi connectivity index (χ3v) is 6.45. The number of halogens is 2. The van der Waals surface area contributed by atoms with Crippen molar-refractivity contribution in [1.29, 1.82) is 0 Å². The van der Waals surface area contributed by atoms with Crippen molar-refractivity contribution >= 4 is 0 Å². The van der Waals surface area contributed by atoms with E-state index in [-0.39, 0.29) is 11.2 Å². The largest absolute Gasteiger partial charge is 0.366 e. The molecule has 3 fully saturated rings. The highest BCUT2D eigenvalue weighted by atomic mass is 19.2. The standard InChI is InChI=1S/C21H30F2N2O/c1-16(2)25-14-20(7-8-20)26-21(15-25)9-12-24(13-10-21)11-6-17-4-3-5-18(22)19(17)23/h3-5,16H,6-15H2,1-2H3. The summed E-state index contributed by atoms with van der Waals surface area (Å²) in [5, 5.41) is 0. The first-order valence-corrected chi connectivity index (χ1v) is 10.00. The maximum atomic E-state index is 13.8. The SMILES string of the molecule is CC(C)N1CC2(CCN(CCc3cccc(F)c3F)CC2)OC2(CC2)C1. The van der Waals surface area contributed by atoms with Gasteiger partial charge >= 0.3 is 0 Å². The van der Waals surface area contributed by atoms with Crippen molar-refractivity contribution in [3.05, 3.63) is 35.4 Å². The average molecular weight is 364 g/mol. The Labute approximate surface area is 155 Å². The number of ether oxygens (including phenoxy) is 1. The fourth-order valence-corrected chi connectivity index (χ4v) is 4.55. The molecule has 2 aliphatic heterocycles. The number of likely N-dealkylation sites (tertiary alicyclic amines) is 1. The van der Waals surface area contributed by atoms with Crippen LogP contribution >= 0.6 is 0 Å². The summed E-state index contributed by atoms with van der Waals surface area (Å²) in [5.74, 6) is -1.45. The topological polar surface area (TPSA) is 15.7 Å². The van der Waals surface area contributed by atoms with Gasteiger partial charge in [0.25, 0.3) is 0 Å². The van der Waals surface area contributed by atoms with Gasteiger partial charge in [0.05, 0.1) is 11.2 Å². The first kappa shape index (κ1) is 18.3. The zero-order valence-electron chi connectivity index (χ0n) is 15.9. The van der Waals surface area contributed by atoms with Gasteiger partial charge in [0.2, 0.25) is 0 Å². The lowest BCUT2D eigenvalue weighted by atomic mass is 9.87. The first-order valence-electron chi connectivity index (χ1n) is 10.00. The highest BCUT2D eigenvalue weighted by Gasteiger charge is 2.56. The number of benzene rings is 1. The number of piperidine rings is 1. The van der Waals surface area contributed by atoms with E-state index in [1.807, 2.05) is 0 Å². The van der Waals surface area contributed by atoms with Gasteiger partial charge in [0.15, 0.2) is 11.6 Å². The van der Waals surface area contributed by atoms with Crippen LogP contribution in [-0.4, -0.2) is 59.8 Å². The van der Waals surface area contributed by atoms with E-state index in [2.05, 4.69) is 23.6 Å². The van der Waals surface area contributed by atoms with Crippen LogP contribution in [0.2, 0.25) is 0 Å². The number of rotatable bonds is 4. The molecule has 3 aliphatic rings. The molecule has 0 atom stereocenters. The highest BCUT2D eigenvalue weighted by Crippen LogP contribution is 2.49. The minimum atomic E-state index is -0.751. The van der Waals surface area contributed by atoms with E-state index in [4.69, 9.17) is 4.74 Å². The van der Waals surface area contributed by atoms with Gasteiger partial charge in [0.1, 0.15) is 0 Å². The molecule has 4 rings (SSSR count). The molecule has 5 heteroatoms. The van der Waals surface area contributed by atoms with Crippen molar-refractivity contribution < 1.29 is 13.5 Å². The summed E-state index contributed by atoms with van der Waals surface area (Å²) in [7, 11) is 0. The third-order valence-electron chi connectivity index (χ3n) is 6.45. The molecule has 0 aromatic heterocycles. The molecule has 1 aromatic rings. The molecule has 1 aromatic carbocycles. The Bertz CT molecular complexity index is 651. The molecule has 2 heterocycles. The fraction of sp³-hybridized carbons (Fsp3) is 0.714. The van der Waals surface area contributed by atoms with Gasteiger partial charge in [-0.2, -0.15) is 0 Å². The summed E-state index contributed by atoms with van der Waals surface area (Å²) < 4.78 is 33.8. The van der Waals surface area contributed by atoms with Crippen LogP contribution in [0.5, 0.6) is 0 Å². The van der Waals surface area contributed by atoms with Crippen molar-refractivity contribution in [2.45, 2.75) is 63.2 Å². The van der Waals surface area contributed by atoms with Crippen LogP contribution in [0.1, 0.15) is 45.1 Å². The quantitative estimate of drug-likeness (QED) is 0.812. The van der Waals surface area contributed by atoms with E-state index in [9.17, 15) is 8.78 Å². The smallest absolute Gasteiger partial charge is 0.162 e. The Balaban J connectivity index is 1.34. The van der Waals surface area contributed by atoms with Crippen LogP contribution in [-0.2, 0) is 11.2 Å². The molecule has 0 unspecified atom stereocenters. The lowest BCUT2D eigenvalue weighted by molar-refractivity contribution is -0.192. The van der Waals surface area contributed by atoms with Crippen molar-refractivity contribution in [2.75, 3.05) is 32.7 Å². The van der Waals surface area contributed by atoms with E-state index >= 15 is 0 Å². The van der Waals surface area contributed by atoms with Crippen molar-refractivity contribution in [3.63, 3.8) is 0 Å². The molecule has 0 N–H and O–H groups in total. The van der Waals surface area contributed by atoms with Crippen molar-refractivity contribution in [2.24, 2.45) is 0 Å². The number of morpholine rings is 1. The van der Waals surface area contributed by atoms with Crippen LogP contribution in [0, 0.1) is 11.6 Å². The monoisotopic (exact) mass is 364 g/mol. The van der Waals surface area contributed by atoms with Crippen LogP contribution in [0.25, 0.3) is 0 Å². The molecule has 0 amide bonds. The maximum absolute atomic E-state index is 13.8. The van der Waals surface area contributed by atoms with Crippen molar-refractivity contribution in [1.82, 2.24) is 9.80 Å². The molecule has 144 valence electrons.